The number of halogens is 2. The van der Waals surface area contributed by atoms with Gasteiger partial charge in [-0.25, -0.2) is 22.9 Å². The first kappa shape index (κ1) is 24.2. The highest BCUT2D eigenvalue weighted by Gasteiger charge is 2.19. The summed E-state index contributed by atoms with van der Waals surface area (Å²) in [6.07, 6.45) is 3.60. The van der Waals surface area contributed by atoms with Gasteiger partial charge in [-0.1, -0.05) is 17.7 Å². The van der Waals surface area contributed by atoms with Crippen molar-refractivity contribution in [2.24, 2.45) is 12.2 Å². The lowest BCUT2D eigenvalue weighted by molar-refractivity contribution is 0.597. The van der Waals surface area contributed by atoms with Crippen molar-refractivity contribution in [2.75, 3.05) is 5.75 Å². The van der Waals surface area contributed by atoms with Gasteiger partial charge in [-0.05, 0) is 54.8 Å². The number of pyridine rings is 1. The SMILES string of the molecule is Cc1nc2c(CCS(N)(=O)=O)cc(-c3cn(C)c(=O)c4[nH]ccc34)cc2n1Cc1ccc(Cl)cc1F. The lowest BCUT2D eigenvalue weighted by atomic mass is 9.99. The Labute approximate surface area is 211 Å². The molecular formula is C25H23ClFN5O3S. The van der Waals surface area contributed by atoms with Gasteiger partial charge in [-0.2, -0.15) is 0 Å². The van der Waals surface area contributed by atoms with E-state index in [1.54, 1.807) is 31.6 Å². The van der Waals surface area contributed by atoms with E-state index < -0.39 is 15.8 Å². The standard InChI is InChI=1S/C25H23ClFN5O3S/c1-14-30-23-15(6-8-36(28,34)35)9-17(20-13-31(2)25(33)24-19(20)5-7-29-24)10-22(23)32(14)12-16-3-4-18(26)11-21(16)27/h3-5,7,9-11,13,29H,6,8,12H2,1-2H3,(H2,28,34,35). The van der Waals surface area contributed by atoms with E-state index in [2.05, 4.69) is 4.98 Å². The summed E-state index contributed by atoms with van der Waals surface area (Å²) >= 11 is 5.92. The molecule has 0 radical (unpaired) electrons. The average Bonchev–Trinajstić information content (AvgIpc) is 3.41. The van der Waals surface area contributed by atoms with Crippen molar-refractivity contribution >= 4 is 43.6 Å². The van der Waals surface area contributed by atoms with Crippen LogP contribution in [0.2, 0.25) is 5.02 Å². The number of fused-ring (bicyclic) bond motifs is 2. The van der Waals surface area contributed by atoms with Crippen LogP contribution in [0.3, 0.4) is 0 Å². The minimum Gasteiger partial charge on any atom is -0.357 e. The summed E-state index contributed by atoms with van der Waals surface area (Å²) in [5, 5.41) is 6.34. The third-order valence-electron chi connectivity index (χ3n) is 6.33. The predicted molar refractivity (Wildman–Crippen MR) is 139 cm³/mol. The van der Waals surface area contributed by atoms with Gasteiger partial charge in [0.05, 0.1) is 23.3 Å². The lowest BCUT2D eigenvalue weighted by Crippen LogP contribution is -2.18. The fourth-order valence-electron chi connectivity index (χ4n) is 4.53. The largest absolute Gasteiger partial charge is 0.357 e. The molecule has 11 heteroatoms. The summed E-state index contributed by atoms with van der Waals surface area (Å²) in [5.41, 5.74) is 4.31. The quantitative estimate of drug-likeness (QED) is 0.349. The maximum absolute atomic E-state index is 14.6. The van der Waals surface area contributed by atoms with Gasteiger partial charge in [0.25, 0.3) is 5.56 Å². The molecule has 0 fully saturated rings. The van der Waals surface area contributed by atoms with Gasteiger partial charge in [0.15, 0.2) is 0 Å². The summed E-state index contributed by atoms with van der Waals surface area (Å²) < 4.78 is 41.5. The lowest BCUT2D eigenvalue weighted by Gasteiger charge is -2.13. The molecule has 5 aromatic rings. The van der Waals surface area contributed by atoms with Crippen molar-refractivity contribution in [1.29, 1.82) is 0 Å². The summed E-state index contributed by atoms with van der Waals surface area (Å²) in [7, 11) is -2.04. The molecule has 2 aromatic carbocycles. The van der Waals surface area contributed by atoms with E-state index in [0.717, 1.165) is 16.5 Å². The van der Waals surface area contributed by atoms with Crippen LogP contribution in [-0.4, -0.2) is 33.3 Å². The molecule has 8 nitrogen and oxygen atoms in total. The second-order valence-electron chi connectivity index (χ2n) is 8.83. The minimum atomic E-state index is -3.72. The molecule has 0 unspecified atom stereocenters. The molecule has 0 aliphatic carbocycles. The first-order chi connectivity index (χ1) is 17.0. The maximum Gasteiger partial charge on any atom is 0.274 e. The van der Waals surface area contributed by atoms with Gasteiger partial charge in [-0.15, -0.1) is 0 Å². The fourth-order valence-corrected chi connectivity index (χ4v) is 5.19. The predicted octanol–water partition coefficient (Wildman–Crippen LogP) is 3.86. The zero-order chi connectivity index (χ0) is 25.8. The van der Waals surface area contributed by atoms with Crippen LogP contribution in [-0.2, 0) is 30.0 Å². The van der Waals surface area contributed by atoms with Crippen LogP contribution >= 0.6 is 11.6 Å². The number of nitrogens with two attached hydrogens (primary N) is 1. The van der Waals surface area contributed by atoms with Crippen molar-refractivity contribution in [3.8, 4) is 11.1 Å². The third-order valence-corrected chi connectivity index (χ3v) is 7.34. The first-order valence-corrected chi connectivity index (χ1v) is 13.2. The Hall–Kier alpha value is -3.47. The Morgan fingerprint density at radius 2 is 1.94 bits per heavy atom. The molecule has 0 spiro atoms. The second-order valence-corrected chi connectivity index (χ2v) is 11.0. The molecule has 36 heavy (non-hydrogen) atoms. The number of hydrogen-bond acceptors (Lipinski definition) is 4. The smallest absolute Gasteiger partial charge is 0.274 e. The zero-order valence-corrected chi connectivity index (χ0v) is 21.1. The topological polar surface area (TPSA) is 116 Å². The second kappa shape index (κ2) is 8.88. The van der Waals surface area contributed by atoms with E-state index in [4.69, 9.17) is 21.7 Å². The summed E-state index contributed by atoms with van der Waals surface area (Å²) in [6, 6.07) is 10.2. The third kappa shape index (κ3) is 4.43. The summed E-state index contributed by atoms with van der Waals surface area (Å²) in [6.45, 7) is 2.02. The Kier molecular flexibility index (Phi) is 5.98. The molecule has 5 rings (SSSR count). The number of nitrogens with zero attached hydrogens (tertiary/aromatic N) is 3. The first-order valence-electron chi connectivity index (χ1n) is 11.1. The molecule has 3 heterocycles. The van der Waals surface area contributed by atoms with E-state index in [9.17, 15) is 17.6 Å². The normalized spacial score (nSPS) is 12.1. The van der Waals surface area contributed by atoms with Gasteiger partial charge in [0.2, 0.25) is 10.0 Å². The molecule has 186 valence electrons. The van der Waals surface area contributed by atoms with Crippen LogP contribution in [0.15, 0.2) is 53.6 Å². The monoisotopic (exact) mass is 527 g/mol. The number of benzene rings is 2. The molecular weight excluding hydrogens is 505 g/mol. The molecule has 3 aromatic heterocycles. The zero-order valence-electron chi connectivity index (χ0n) is 19.5. The van der Waals surface area contributed by atoms with Crippen LogP contribution in [0, 0.1) is 12.7 Å². The number of rotatable bonds is 6. The minimum absolute atomic E-state index is 0.150. The van der Waals surface area contributed by atoms with Gasteiger partial charge < -0.3 is 14.1 Å². The highest BCUT2D eigenvalue weighted by molar-refractivity contribution is 7.89. The molecule has 0 aliphatic rings. The van der Waals surface area contributed by atoms with Gasteiger partial charge >= 0.3 is 0 Å². The number of H-pyrrole nitrogens is 1. The Morgan fingerprint density at radius 1 is 1.17 bits per heavy atom. The van der Waals surface area contributed by atoms with Gasteiger partial charge in [-0.3, -0.25) is 4.79 Å². The Bertz CT molecular complexity index is 1820. The number of primary sulfonamides is 1. The van der Waals surface area contributed by atoms with Gasteiger partial charge in [0, 0.05) is 41.0 Å². The summed E-state index contributed by atoms with van der Waals surface area (Å²) in [5.74, 6) is -0.0436. The molecule has 3 N–H and O–H groups in total. The van der Waals surface area contributed by atoms with Crippen LogP contribution in [0.4, 0.5) is 4.39 Å². The molecule has 0 amide bonds. The highest BCUT2D eigenvalue weighted by Crippen LogP contribution is 2.33. The number of aromatic amines is 1. The number of aromatic nitrogens is 4. The maximum atomic E-state index is 14.6. The van der Waals surface area contributed by atoms with Crippen molar-refractivity contribution < 1.29 is 12.8 Å². The van der Waals surface area contributed by atoms with Crippen LogP contribution in [0.5, 0.6) is 0 Å². The average molecular weight is 528 g/mol. The number of aryl methyl sites for hydroxylation is 3. The van der Waals surface area contributed by atoms with Gasteiger partial charge in [0.1, 0.15) is 17.2 Å². The van der Waals surface area contributed by atoms with Crippen molar-refractivity contribution in [1.82, 2.24) is 19.1 Å². The van der Waals surface area contributed by atoms with Crippen molar-refractivity contribution in [3.05, 3.63) is 86.9 Å². The number of nitrogens with one attached hydrogen (secondary N) is 1. The molecule has 0 bridgehead atoms. The summed E-state index contributed by atoms with van der Waals surface area (Å²) in [4.78, 5) is 20.3. The molecule has 0 aliphatic heterocycles. The van der Waals surface area contributed by atoms with E-state index in [1.165, 1.54) is 10.6 Å². The van der Waals surface area contributed by atoms with Crippen molar-refractivity contribution in [3.63, 3.8) is 0 Å². The van der Waals surface area contributed by atoms with Crippen molar-refractivity contribution in [2.45, 2.75) is 19.9 Å². The van der Waals surface area contributed by atoms with E-state index in [1.807, 2.05) is 29.7 Å². The number of hydrogen-bond donors (Lipinski definition) is 2. The fraction of sp³-hybridized carbons (Fsp3) is 0.200. The van der Waals surface area contributed by atoms with Crippen LogP contribution in [0.1, 0.15) is 17.0 Å². The van der Waals surface area contributed by atoms with E-state index in [0.29, 0.717) is 38.5 Å². The Balaban J connectivity index is 1.75. The highest BCUT2D eigenvalue weighted by atomic mass is 35.5. The van der Waals surface area contributed by atoms with E-state index in [-0.39, 0.29) is 24.3 Å². The number of imidazole rings is 1. The Morgan fingerprint density at radius 3 is 2.67 bits per heavy atom. The van der Waals surface area contributed by atoms with E-state index >= 15 is 0 Å². The molecule has 0 saturated heterocycles. The number of sulfonamides is 1. The molecule has 0 atom stereocenters. The van der Waals surface area contributed by atoms with Crippen LogP contribution < -0.4 is 10.7 Å². The molecule has 0 saturated carbocycles. The van der Waals surface area contributed by atoms with Crippen LogP contribution in [0.25, 0.3) is 33.1 Å².